The van der Waals surface area contributed by atoms with Crippen LogP contribution in [0.5, 0.6) is 11.5 Å². The number of rotatable bonds is 5. The Morgan fingerprint density at radius 2 is 1.61 bits per heavy atom. The number of aromatic hydroxyl groups is 2. The minimum Gasteiger partial charge on any atom is -0.508 e. The molecular formula is C36H31N11O4+2. The molecule has 0 saturated heterocycles. The summed E-state index contributed by atoms with van der Waals surface area (Å²) in [7, 11) is 0. The molecule has 9 aromatic rings. The molecule has 252 valence electrons. The molecule has 0 aliphatic heterocycles. The number of anilines is 2. The van der Waals surface area contributed by atoms with Gasteiger partial charge in [-0.25, -0.2) is 4.57 Å². The van der Waals surface area contributed by atoms with Gasteiger partial charge in [0, 0.05) is 40.0 Å². The summed E-state index contributed by atoms with van der Waals surface area (Å²) in [5.41, 5.74) is 33.0. The van der Waals surface area contributed by atoms with Gasteiger partial charge in [-0.2, -0.15) is 4.40 Å². The first-order valence-electron chi connectivity index (χ1n) is 16.0. The van der Waals surface area contributed by atoms with Crippen LogP contribution in [0.25, 0.3) is 55.3 Å². The van der Waals surface area contributed by atoms with Crippen molar-refractivity contribution in [2.45, 2.75) is 27.3 Å². The molecule has 0 spiro atoms. The van der Waals surface area contributed by atoms with Crippen LogP contribution >= 0.6 is 0 Å². The van der Waals surface area contributed by atoms with E-state index in [4.69, 9.17) is 22.9 Å². The zero-order chi connectivity index (χ0) is 35.8. The molecule has 7 heterocycles. The summed E-state index contributed by atoms with van der Waals surface area (Å²) < 4.78 is 9.42. The number of amides is 2. The van der Waals surface area contributed by atoms with E-state index in [1.807, 2.05) is 39.0 Å². The topological polar surface area (TPSA) is 226 Å². The number of primary amides is 2. The van der Waals surface area contributed by atoms with Gasteiger partial charge in [0.25, 0.3) is 23.1 Å². The van der Waals surface area contributed by atoms with E-state index in [1.54, 1.807) is 65.5 Å². The summed E-state index contributed by atoms with van der Waals surface area (Å²) in [6.07, 6.45) is 5.12. The lowest BCUT2D eigenvalue weighted by Crippen LogP contribution is -2.35. The van der Waals surface area contributed by atoms with Crippen LogP contribution in [0.1, 0.15) is 43.0 Å². The molecule has 0 bridgehead atoms. The molecule has 0 radical (unpaired) electrons. The first kappa shape index (κ1) is 29.9. The third kappa shape index (κ3) is 3.71. The predicted octanol–water partition coefficient (Wildman–Crippen LogP) is 2.44. The minimum atomic E-state index is -0.725. The molecule has 15 nitrogen and oxygen atoms in total. The summed E-state index contributed by atoms with van der Waals surface area (Å²) in [6.45, 7) is 5.75. The number of fused-ring (bicyclic) bond motifs is 6. The van der Waals surface area contributed by atoms with Crippen LogP contribution in [0.15, 0.2) is 61.2 Å². The van der Waals surface area contributed by atoms with Gasteiger partial charge in [0.05, 0.1) is 34.2 Å². The van der Waals surface area contributed by atoms with E-state index in [0.29, 0.717) is 60.8 Å². The van der Waals surface area contributed by atoms with Crippen molar-refractivity contribution in [2.24, 2.45) is 11.5 Å². The number of phenols is 2. The van der Waals surface area contributed by atoms with E-state index in [1.165, 1.54) is 0 Å². The number of carbonyl (C=O) groups is 2. The van der Waals surface area contributed by atoms with Gasteiger partial charge in [-0.1, -0.05) is 10.6 Å². The van der Waals surface area contributed by atoms with Crippen molar-refractivity contribution in [3.8, 4) is 17.2 Å². The second-order valence-electron chi connectivity index (χ2n) is 12.9. The Hall–Kier alpha value is -7.16. The van der Waals surface area contributed by atoms with Crippen LogP contribution in [0, 0.1) is 20.8 Å². The fourth-order valence-electron chi connectivity index (χ4n) is 7.84. The number of hydrogen-bond donors (Lipinski definition) is 6. The highest BCUT2D eigenvalue weighted by molar-refractivity contribution is 6.16. The van der Waals surface area contributed by atoms with Crippen molar-refractivity contribution in [2.75, 3.05) is 11.5 Å². The zero-order valence-electron chi connectivity index (χ0n) is 27.6. The molecule has 51 heavy (non-hydrogen) atoms. The summed E-state index contributed by atoms with van der Waals surface area (Å²) >= 11 is 0. The molecule has 15 heteroatoms. The Morgan fingerprint density at radius 1 is 0.882 bits per heavy atom. The fraction of sp³-hybridized carbons (Fsp3) is 0.111. The highest BCUT2D eigenvalue weighted by Gasteiger charge is 2.35. The molecule has 0 aliphatic rings. The summed E-state index contributed by atoms with van der Waals surface area (Å²) in [5, 5.41) is 22.9. The molecule has 2 amide bonds. The second kappa shape index (κ2) is 9.94. The van der Waals surface area contributed by atoms with Gasteiger partial charge in [0.2, 0.25) is 12.1 Å². The molecule has 0 atom stereocenters. The first-order valence-corrected chi connectivity index (χ1v) is 16.0. The lowest BCUT2D eigenvalue weighted by molar-refractivity contribution is -0.664. The summed E-state index contributed by atoms with van der Waals surface area (Å²) in [6, 6.07) is 12.3. The van der Waals surface area contributed by atoms with Crippen molar-refractivity contribution >= 4 is 73.1 Å². The van der Waals surface area contributed by atoms with Gasteiger partial charge in [-0.15, -0.1) is 4.52 Å². The van der Waals surface area contributed by atoms with E-state index >= 15 is 0 Å². The van der Waals surface area contributed by atoms with E-state index < -0.39 is 11.8 Å². The monoisotopic (exact) mass is 681 g/mol. The Kier molecular flexibility index (Phi) is 5.84. The van der Waals surface area contributed by atoms with Gasteiger partial charge < -0.3 is 33.1 Å². The summed E-state index contributed by atoms with van der Waals surface area (Å²) in [5.74, 6) is -1.05. The van der Waals surface area contributed by atoms with Gasteiger partial charge in [-0.3, -0.25) is 24.1 Å². The molecular weight excluding hydrogens is 650 g/mol. The van der Waals surface area contributed by atoms with E-state index in [9.17, 15) is 19.8 Å². The number of aromatic nitrogens is 7. The van der Waals surface area contributed by atoms with Crippen molar-refractivity contribution in [1.29, 1.82) is 0 Å². The number of benzene rings is 2. The van der Waals surface area contributed by atoms with Crippen LogP contribution in [0.4, 0.5) is 11.6 Å². The third-order valence-corrected chi connectivity index (χ3v) is 10.1. The third-order valence-electron chi connectivity index (χ3n) is 10.1. The highest BCUT2D eigenvalue weighted by atomic mass is 16.3. The molecule has 0 saturated carbocycles. The average molecular weight is 682 g/mol. The van der Waals surface area contributed by atoms with E-state index in [-0.39, 0.29) is 40.8 Å². The molecule has 0 aliphatic carbocycles. The SMILES string of the molecule is Cc1c(O)ccc(C[n+]2cn3c4ccc(O)c(C)c4[n+]4c(N)c(C(N)=O)c5cc(C)c2n3c54)c1-n1c(N)c(C(N)=O)c2cnc3cccnc3c21. The van der Waals surface area contributed by atoms with Crippen molar-refractivity contribution in [3.05, 3.63) is 94.6 Å². The fourth-order valence-corrected chi connectivity index (χ4v) is 7.84. The lowest BCUT2D eigenvalue weighted by atomic mass is 10.1. The predicted molar refractivity (Wildman–Crippen MR) is 189 cm³/mol. The van der Waals surface area contributed by atoms with Crippen molar-refractivity contribution in [3.63, 3.8) is 0 Å². The molecule has 7 aromatic heterocycles. The normalized spacial score (nSPS) is 12.1. The summed E-state index contributed by atoms with van der Waals surface area (Å²) in [4.78, 5) is 34.8. The van der Waals surface area contributed by atoms with Gasteiger partial charge in [0.15, 0.2) is 11.0 Å². The lowest BCUT2D eigenvalue weighted by Gasteiger charge is -2.18. The van der Waals surface area contributed by atoms with Gasteiger partial charge in [-0.05, 0) is 57.2 Å². The Balaban J connectivity index is 1.39. The van der Waals surface area contributed by atoms with Crippen LogP contribution in [0.3, 0.4) is 0 Å². The molecule has 9 rings (SSSR count). The second-order valence-corrected chi connectivity index (χ2v) is 12.9. The molecule has 10 N–H and O–H groups in total. The van der Waals surface area contributed by atoms with Gasteiger partial charge in [0.1, 0.15) is 28.4 Å². The average Bonchev–Trinajstić information content (AvgIpc) is 3.71. The molecule has 0 unspecified atom stereocenters. The van der Waals surface area contributed by atoms with Crippen LogP contribution in [-0.4, -0.2) is 45.6 Å². The quantitative estimate of drug-likeness (QED) is 0.117. The van der Waals surface area contributed by atoms with Crippen molar-refractivity contribution < 1.29 is 28.8 Å². The molecule has 2 aromatic carbocycles. The maximum absolute atomic E-state index is 12.9. The first-order chi connectivity index (χ1) is 24.4. The number of nitrogen functional groups attached to an aromatic ring is 2. The Labute approximate surface area is 287 Å². The Bertz CT molecular complexity index is 3040. The standard InChI is InChI=1S/C36H29N11O4/c1-15-11-19-25(33(39)50)32(38)46-29-17(3)24(49)9-7-22(29)44-14-43(35(15)47(44)36(19)46)13-18-6-8-23(48)16(2)28(18)45-30-20(26(31(45)37)34(40)51)12-42-21-5-4-10-41-27(21)30/h4-12,14H,13H2,1-3H3,(H8-2,37,38,39,40,41,48,49,50,51)/p+2. The number of phenolic OH excluding ortho intramolecular Hbond substituents is 2. The number of nitrogens with two attached hydrogens (primary N) is 4. The molecule has 0 fully saturated rings. The number of pyridine rings is 3. The van der Waals surface area contributed by atoms with E-state index in [2.05, 4.69) is 9.97 Å². The number of nitrogens with zero attached hydrogens (tertiary/aromatic N) is 7. The maximum Gasteiger partial charge on any atom is 0.280 e. The zero-order valence-corrected chi connectivity index (χ0v) is 27.6. The number of carbonyl (C=O) groups excluding carboxylic acids is 2. The highest BCUT2D eigenvalue weighted by Crippen LogP contribution is 2.39. The van der Waals surface area contributed by atoms with Crippen LogP contribution < -0.4 is 31.9 Å². The maximum atomic E-state index is 12.9. The number of aryl methyl sites for hydroxylation is 2. The number of hydrogen-bond acceptors (Lipinski definition) is 8. The Morgan fingerprint density at radius 3 is 2.35 bits per heavy atom. The van der Waals surface area contributed by atoms with E-state index in [0.717, 1.165) is 16.8 Å². The van der Waals surface area contributed by atoms with Gasteiger partial charge >= 0.3 is 0 Å². The van der Waals surface area contributed by atoms with Crippen LogP contribution in [-0.2, 0) is 6.54 Å². The van der Waals surface area contributed by atoms with Crippen LogP contribution in [0.2, 0.25) is 0 Å². The minimum absolute atomic E-state index is 0.0241. The smallest absolute Gasteiger partial charge is 0.280 e. The largest absolute Gasteiger partial charge is 0.508 e. The van der Waals surface area contributed by atoms with Crippen molar-refractivity contribution in [1.82, 2.24) is 23.6 Å².